The number of rotatable bonds is 3. The molecule has 0 aliphatic carbocycles. The van der Waals surface area contributed by atoms with Crippen molar-refractivity contribution in [2.45, 2.75) is 6.18 Å². The number of halogens is 3. The van der Waals surface area contributed by atoms with Crippen molar-refractivity contribution in [2.75, 3.05) is 30.0 Å². The summed E-state index contributed by atoms with van der Waals surface area (Å²) in [5.41, 5.74) is 5.68. The summed E-state index contributed by atoms with van der Waals surface area (Å²) < 4.78 is 38.0. The Morgan fingerprint density at radius 1 is 1.19 bits per heavy atom. The first-order valence-corrected chi connectivity index (χ1v) is 6.01. The van der Waals surface area contributed by atoms with Crippen molar-refractivity contribution >= 4 is 23.0 Å². The van der Waals surface area contributed by atoms with Crippen LogP contribution in [-0.2, 0) is 6.18 Å². The molecule has 0 amide bonds. The predicted octanol–water partition coefficient (Wildman–Crippen LogP) is 2.89. The quantitative estimate of drug-likeness (QED) is 0.912. The molecule has 8 heteroatoms. The van der Waals surface area contributed by atoms with Gasteiger partial charge in [-0.1, -0.05) is 6.07 Å². The minimum Gasteiger partial charge on any atom is -0.393 e. The average Bonchev–Trinajstić information content (AvgIpc) is 2.40. The fourth-order valence-electron chi connectivity index (χ4n) is 1.75. The topological polar surface area (TPSA) is 67.1 Å². The van der Waals surface area contributed by atoms with Gasteiger partial charge in [0.1, 0.15) is 12.0 Å². The van der Waals surface area contributed by atoms with Gasteiger partial charge < -0.3 is 16.0 Å². The summed E-state index contributed by atoms with van der Waals surface area (Å²) in [5, 5.41) is 2.78. The number of nitrogen functional groups attached to an aromatic ring is 1. The molecule has 0 radical (unpaired) electrons. The van der Waals surface area contributed by atoms with E-state index in [0.29, 0.717) is 5.82 Å². The summed E-state index contributed by atoms with van der Waals surface area (Å²) in [6.45, 7) is 0. The van der Waals surface area contributed by atoms with E-state index < -0.39 is 11.7 Å². The predicted molar refractivity (Wildman–Crippen MR) is 75.5 cm³/mol. The van der Waals surface area contributed by atoms with Crippen molar-refractivity contribution in [3.05, 3.63) is 36.2 Å². The highest BCUT2D eigenvalue weighted by molar-refractivity contribution is 5.78. The van der Waals surface area contributed by atoms with Crippen molar-refractivity contribution in [1.82, 2.24) is 9.97 Å². The molecule has 0 saturated carbocycles. The maximum atomic E-state index is 12.7. The van der Waals surface area contributed by atoms with E-state index in [1.165, 1.54) is 18.5 Å². The van der Waals surface area contributed by atoms with E-state index in [-0.39, 0.29) is 17.2 Å². The van der Waals surface area contributed by atoms with E-state index >= 15 is 0 Å². The molecule has 0 atom stereocenters. The Morgan fingerprint density at radius 3 is 2.52 bits per heavy atom. The van der Waals surface area contributed by atoms with E-state index in [0.717, 1.165) is 12.1 Å². The van der Waals surface area contributed by atoms with Gasteiger partial charge in [-0.15, -0.1) is 0 Å². The van der Waals surface area contributed by atoms with Crippen LogP contribution in [0.25, 0.3) is 0 Å². The number of aromatic nitrogens is 2. The summed E-state index contributed by atoms with van der Waals surface area (Å²) in [6.07, 6.45) is -3.11. The van der Waals surface area contributed by atoms with E-state index in [1.54, 1.807) is 19.0 Å². The van der Waals surface area contributed by atoms with Crippen LogP contribution in [-0.4, -0.2) is 24.1 Å². The lowest BCUT2D eigenvalue weighted by Crippen LogP contribution is -2.14. The van der Waals surface area contributed by atoms with Crippen LogP contribution in [0.15, 0.2) is 30.6 Å². The van der Waals surface area contributed by atoms with Gasteiger partial charge in [-0.2, -0.15) is 13.2 Å². The molecule has 3 N–H and O–H groups in total. The summed E-state index contributed by atoms with van der Waals surface area (Å²) in [5.74, 6) is 0.743. The smallest absolute Gasteiger partial charge is 0.393 e. The van der Waals surface area contributed by atoms with E-state index in [9.17, 15) is 13.2 Å². The summed E-state index contributed by atoms with van der Waals surface area (Å²) in [7, 11) is 3.51. The highest BCUT2D eigenvalue weighted by atomic mass is 19.4. The van der Waals surface area contributed by atoms with Gasteiger partial charge in [-0.3, -0.25) is 0 Å². The molecular weight excluding hydrogens is 283 g/mol. The molecule has 0 aliphatic heterocycles. The van der Waals surface area contributed by atoms with Gasteiger partial charge in [0, 0.05) is 19.8 Å². The number of nitrogens with two attached hydrogens (primary N) is 1. The second-order valence-electron chi connectivity index (χ2n) is 4.56. The maximum absolute atomic E-state index is 12.7. The van der Waals surface area contributed by atoms with Crippen LogP contribution >= 0.6 is 0 Å². The molecule has 0 fully saturated rings. The van der Waals surface area contributed by atoms with Gasteiger partial charge in [-0.25, -0.2) is 9.97 Å². The van der Waals surface area contributed by atoms with Gasteiger partial charge >= 0.3 is 6.18 Å². The van der Waals surface area contributed by atoms with Gasteiger partial charge in [0.25, 0.3) is 0 Å². The van der Waals surface area contributed by atoms with Crippen LogP contribution < -0.4 is 16.0 Å². The van der Waals surface area contributed by atoms with Crippen molar-refractivity contribution in [1.29, 1.82) is 0 Å². The zero-order valence-corrected chi connectivity index (χ0v) is 11.4. The number of hydrogen-bond acceptors (Lipinski definition) is 5. The van der Waals surface area contributed by atoms with Gasteiger partial charge in [0.15, 0.2) is 11.6 Å². The highest BCUT2D eigenvalue weighted by Gasteiger charge is 2.30. The van der Waals surface area contributed by atoms with Crippen molar-refractivity contribution < 1.29 is 13.2 Å². The number of hydrogen-bond donors (Lipinski definition) is 2. The lowest BCUT2D eigenvalue weighted by atomic mass is 10.2. The van der Waals surface area contributed by atoms with E-state index in [4.69, 9.17) is 5.73 Å². The first-order chi connectivity index (χ1) is 9.79. The second kappa shape index (κ2) is 5.47. The molecule has 21 heavy (non-hydrogen) atoms. The Bertz CT molecular complexity index is 640. The molecular formula is C13H14F3N5. The second-order valence-corrected chi connectivity index (χ2v) is 4.56. The molecule has 112 valence electrons. The number of anilines is 4. The van der Waals surface area contributed by atoms with Gasteiger partial charge in [-0.05, 0) is 18.2 Å². The Labute approximate surface area is 119 Å². The Kier molecular flexibility index (Phi) is 3.88. The molecule has 0 aliphatic rings. The fourth-order valence-corrected chi connectivity index (χ4v) is 1.75. The van der Waals surface area contributed by atoms with Crippen molar-refractivity contribution in [3.63, 3.8) is 0 Å². The van der Waals surface area contributed by atoms with Crippen LogP contribution in [0, 0.1) is 0 Å². The van der Waals surface area contributed by atoms with Crippen LogP contribution in [0.2, 0.25) is 0 Å². The van der Waals surface area contributed by atoms with Crippen LogP contribution in [0.3, 0.4) is 0 Å². The van der Waals surface area contributed by atoms with Crippen molar-refractivity contribution in [3.8, 4) is 0 Å². The lowest BCUT2D eigenvalue weighted by molar-refractivity contribution is -0.137. The maximum Gasteiger partial charge on any atom is 0.416 e. The van der Waals surface area contributed by atoms with Crippen LogP contribution in [0.1, 0.15) is 5.56 Å². The average molecular weight is 297 g/mol. The number of nitrogens with zero attached hydrogens (tertiary/aromatic N) is 3. The molecule has 5 nitrogen and oxygen atoms in total. The molecule has 0 spiro atoms. The number of nitrogens with one attached hydrogen (secondary N) is 1. The summed E-state index contributed by atoms with van der Waals surface area (Å²) in [4.78, 5) is 9.65. The molecule has 1 aromatic heterocycles. The minimum atomic E-state index is -4.40. The molecule has 2 rings (SSSR count). The normalized spacial score (nSPS) is 11.3. The zero-order chi connectivity index (χ0) is 15.6. The Balaban J connectivity index is 2.33. The first kappa shape index (κ1) is 14.9. The molecule has 0 bridgehead atoms. The van der Waals surface area contributed by atoms with E-state index in [1.807, 2.05) is 0 Å². The van der Waals surface area contributed by atoms with Crippen LogP contribution in [0.4, 0.5) is 36.2 Å². The molecule has 0 unspecified atom stereocenters. The molecule has 2 aromatic rings. The monoisotopic (exact) mass is 297 g/mol. The van der Waals surface area contributed by atoms with Crippen LogP contribution in [0.5, 0.6) is 0 Å². The SMILES string of the molecule is CN(C)c1ncnc(Nc2cccc(C(F)(F)F)c2)c1N. The van der Waals surface area contributed by atoms with E-state index in [2.05, 4.69) is 15.3 Å². The Hall–Kier alpha value is -2.51. The number of alkyl halides is 3. The van der Waals surface area contributed by atoms with Gasteiger partial charge in [0.2, 0.25) is 0 Å². The molecule has 1 aromatic carbocycles. The third-order valence-electron chi connectivity index (χ3n) is 2.74. The number of benzene rings is 1. The lowest BCUT2D eigenvalue weighted by Gasteiger charge is -2.16. The molecule has 1 heterocycles. The zero-order valence-electron chi connectivity index (χ0n) is 11.4. The third-order valence-corrected chi connectivity index (χ3v) is 2.74. The summed E-state index contributed by atoms with van der Waals surface area (Å²) in [6, 6.07) is 4.82. The van der Waals surface area contributed by atoms with Crippen molar-refractivity contribution in [2.24, 2.45) is 0 Å². The highest BCUT2D eigenvalue weighted by Crippen LogP contribution is 2.32. The standard InChI is InChI=1S/C13H14F3N5/c1-21(2)12-10(17)11(18-7-19-12)20-9-5-3-4-8(6-9)13(14,15)16/h3-7H,17H2,1-2H3,(H,18,19,20). The summed E-state index contributed by atoms with van der Waals surface area (Å²) >= 11 is 0. The van der Waals surface area contributed by atoms with Gasteiger partial charge in [0.05, 0.1) is 5.56 Å². The largest absolute Gasteiger partial charge is 0.416 e. The molecule has 0 saturated heterocycles. The first-order valence-electron chi connectivity index (χ1n) is 6.01. The fraction of sp³-hybridized carbons (Fsp3) is 0.231. The minimum absolute atomic E-state index is 0.250. The third kappa shape index (κ3) is 3.33. The Morgan fingerprint density at radius 2 is 1.90 bits per heavy atom.